The molecule has 1 aromatic heterocycles. The molecule has 1 rings (SSSR count). The van der Waals surface area contributed by atoms with E-state index in [1.165, 1.54) is 6.07 Å². The molecule has 0 aliphatic carbocycles. The normalized spacial score (nSPS) is 13.1. The Morgan fingerprint density at radius 1 is 1.35 bits per heavy atom. The van der Waals surface area contributed by atoms with E-state index in [1.54, 1.807) is 24.5 Å². The van der Waals surface area contributed by atoms with E-state index in [1.807, 2.05) is 0 Å². The Kier molecular flexibility index (Phi) is 4.91. The zero-order valence-electron chi connectivity index (χ0n) is 9.04. The molecular formula is C11H12F3N3. The van der Waals surface area contributed by atoms with Gasteiger partial charge in [0.15, 0.2) is 5.92 Å². The first-order valence-electron chi connectivity index (χ1n) is 5.10. The lowest BCUT2D eigenvalue weighted by atomic mass is 10.1. The Morgan fingerprint density at radius 2 is 2.00 bits per heavy atom. The van der Waals surface area contributed by atoms with Crippen molar-refractivity contribution >= 4 is 0 Å². The smallest absolute Gasteiger partial charge is 0.315 e. The van der Waals surface area contributed by atoms with Crippen LogP contribution in [0.4, 0.5) is 13.2 Å². The first-order valence-corrected chi connectivity index (χ1v) is 5.10. The Morgan fingerprint density at radius 3 is 2.53 bits per heavy atom. The van der Waals surface area contributed by atoms with Crippen LogP contribution in [0.5, 0.6) is 0 Å². The molecule has 1 unspecified atom stereocenters. The molecule has 1 aromatic rings. The van der Waals surface area contributed by atoms with E-state index in [-0.39, 0.29) is 6.54 Å². The third-order valence-corrected chi connectivity index (χ3v) is 2.24. The molecule has 0 spiro atoms. The highest BCUT2D eigenvalue weighted by Crippen LogP contribution is 2.24. The molecule has 0 saturated carbocycles. The SMILES string of the molecule is N#CC(CNCCc1ccncc1)C(F)(F)F. The second-order valence-electron chi connectivity index (χ2n) is 3.53. The van der Waals surface area contributed by atoms with Gasteiger partial charge in [0.25, 0.3) is 0 Å². The van der Waals surface area contributed by atoms with Crippen LogP contribution in [0.25, 0.3) is 0 Å². The summed E-state index contributed by atoms with van der Waals surface area (Å²) in [7, 11) is 0. The van der Waals surface area contributed by atoms with Crippen LogP contribution < -0.4 is 5.32 Å². The maximum atomic E-state index is 12.2. The number of hydrogen-bond donors (Lipinski definition) is 1. The fourth-order valence-electron chi connectivity index (χ4n) is 1.26. The Bertz CT molecular complexity index is 370. The van der Waals surface area contributed by atoms with Crippen LogP contribution in [0.2, 0.25) is 0 Å². The molecule has 0 amide bonds. The van der Waals surface area contributed by atoms with Crippen LogP contribution in [0, 0.1) is 17.2 Å². The van der Waals surface area contributed by atoms with E-state index >= 15 is 0 Å². The molecule has 0 aromatic carbocycles. The number of alkyl halides is 3. The lowest BCUT2D eigenvalue weighted by Gasteiger charge is -2.13. The van der Waals surface area contributed by atoms with Gasteiger partial charge in [-0.25, -0.2) is 0 Å². The number of rotatable bonds is 5. The summed E-state index contributed by atoms with van der Waals surface area (Å²) in [5, 5.41) is 11.0. The van der Waals surface area contributed by atoms with Crippen LogP contribution in [0.3, 0.4) is 0 Å². The summed E-state index contributed by atoms with van der Waals surface area (Å²) in [5.41, 5.74) is 0.994. The number of pyridine rings is 1. The number of aromatic nitrogens is 1. The largest absolute Gasteiger partial charge is 0.405 e. The number of nitriles is 1. The van der Waals surface area contributed by atoms with Gasteiger partial charge in [-0.3, -0.25) is 4.98 Å². The van der Waals surface area contributed by atoms with Gasteiger partial charge in [-0.1, -0.05) is 0 Å². The van der Waals surface area contributed by atoms with Crippen molar-refractivity contribution in [3.8, 4) is 6.07 Å². The number of nitrogens with one attached hydrogen (secondary N) is 1. The highest BCUT2D eigenvalue weighted by Gasteiger charge is 2.39. The maximum Gasteiger partial charge on any atom is 0.405 e. The number of hydrogen-bond acceptors (Lipinski definition) is 3. The summed E-state index contributed by atoms with van der Waals surface area (Å²) in [4.78, 5) is 3.84. The Hall–Kier alpha value is -1.61. The van der Waals surface area contributed by atoms with Crippen molar-refractivity contribution < 1.29 is 13.2 Å². The maximum absolute atomic E-state index is 12.2. The highest BCUT2D eigenvalue weighted by atomic mass is 19.4. The van der Waals surface area contributed by atoms with Crippen molar-refractivity contribution in [1.29, 1.82) is 5.26 Å². The highest BCUT2D eigenvalue weighted by molar-refractivity contribution is 5.09. The third-order valence-electron chi connectivity index (χ3n) is 2.24. The minimum Gasteiger partial charge on any atom is -0.315 e. The molecule has 1 atom stereocenters. The van der Waals surface area contributed by atoms with Gasteiger partial charge < -0.3 is 5.32 Å². The summed E-state index contributed by atoms with van der Waals surface area (Å²) >= 11 is 0. The van der Waals surface area contributed by atoms with Gasteiger partial charge in [0.1, 0.15) is 0 Å². The predicted octanol–water partition coefficient (Wildman–Crippen LogP) is 1.92. The average molecular weight is 243 g/mol. The van der Waals surface area contributed by atoms with Crippen molar-refractivity contribution in [3.05, 3.63) is 30.1 Å². The lowest BCUT2D eigenvalue weighted by Crippen LogP contribution is -2.33. The van der Waals surface area contributed by atoms with Crippen LogP contribution in [-0.4, -0.2) is 24.2 Å². The standard InChI is InChI=1S/C11H12F3N3/c12-11(13,14)10(7-15)8-17-6-3-9-1-4-16-5-2-9/h1-2,4-5,10,17H,3,6,8H2. The fourth-order valence-corrected chi connectivity index (χ4v) is 1.26. The molecule has 0 saturated heterocycles. The molecule has 6 heteroatoms. The van der Waals surface area contributed by atoms with Crippen LogP contribution in [-0.2, 0) is 6.42 Å². The summed E-state index contributed by atoms with van der Waals surface area (Å²) in [5.74, 6) is -1.94. The number of nitrogens with zero attached hydrogens (tertiary/aromatic N) is 2. The Balaban J connectivity index is 2.27. The molecule has 0 aliphatic rings. The van der Waals surface area contributed by atoms with Gasteiger partial charge in [-0.05, 0) is 30.7 Å². The van der Waals surface area contributed by atoms with Gasteiger partial charge >= 0.3 is 6.18 Å². The van der Waals surface area contributed by atoms with E-state index in [2.05, 4.69) is 10.3 Å². The minimum atomic E-state index is -4.46. The van der Waals surface area contributed by atoms with E-state index < -0.39 is 12.1 Å². The van der Waals surface area contributed by atoms with Gasteiger partial charge in [-0.2, -0.15) is 18.4 Å². The summed E-state index contributed by atoms with van der Waals surface area (Å²) in [6.07, 6.45) is -0.594. The summed E-state index contributed by atoms with van der Waals surface area (Å²) < 4.78 is 36.6. The summed E-state index contributed by atoms with van der Waals surface area (Å²) in [6.45, 7) is 0.0311. The first kappa shape index (κ1) is 13.5. The molecule has 92 valence electrons. The topological polar surface area (TPSA) is 48.7 Å². The molecule has 1 heterocycles. The molecule has 1 N–H and O–H groups in total. The van der Waals surface area contributed by atoms with Crippen LogP contribution in [0.15, 0.2) is 24.5 Å². The average Bonchev–Trinajstić information content (AvgIpc) is 2.28. The van der Waals surface area contributed by atoms with Crippen molar-refractivity contribution in [1.82, 2.24) is 10.3 Å². The molecule has 3 nitrogen and oxygen atoms in total. The molecule has 17 heavy (non-hydrogen) atoms. The zero-order valence-corrected chi connectivity index (χ0v) is 9.04. The quantitative estimate of drug-likeness (QED) is 0.804. The molecule has 0 radical (unpaired) electrons. The first-order chi connectivity index (χ1) is 8.04. The van der Waals surface area contributed by atoms with Crippen LogP contribution in [0.1, 0.15) is 5.56 Å². The fraction of sp³-hybridized carbons (Fsp3) is 0.455. The van der Waals surface area contributed by atoms with Crippen molar-refractivity contribution in [2.24, 2.45) is 5.92 Å². The summed E-state index contributed by atoms with van der Waals surface area (Å²) in [6, 6.07) is 4.84. The molecule has 0 fully saturated rings. The second-order valence-corrected chi connectivity index (χ2v) is 3.53. The van der Waals surface area contributed by atoms with Crippen molar-refractivity contribution in [3.63, 3.8) is 0 Å². The Labute approximate surface area is 97.3 Å². The van der Waals surface area contributed by atoms with Crippen LogP contribution >= 0.6 is 0 Å². The van der Waals surface area contributed by atoms with E-state index in [0.29, 0.717) is 13.0 Å². The second kappa shape index (κ2) is 6.21. The minimum absolute atomic E-state index is 0.370. The lowest BCUT2D eigenvalue weighted by molar-refractivity contribution is -0.157. The monoisotopic (exact) mass is 243 g/mol. The van der Waals surface area contributed by atoms with E-state index in [4.69, 9.17) is 5.26 Å². The van der Waals surface area contributed by atoms with Crippen molar-refractivity contribution in [2.45, 2.75) is 12.6 Å². The van der Waals surface area contributed by atoms with Gasteiger partial charge in [0.05, 0.1) is 6.07 Å². The molecule has 0 bridgehead atoms. The van der Waals surface area contributed by atoms with Gasteiger partial charge in [0, 0.05) is 18.9 Å². The molecular weight excluding hydrogens is 231 g/mol. The van der Waals surface area contributed by atoms with Crippen molar-refractivity contribution in [2.75, 3.05) is 13.1 Å². The third kappa shape index (κ3) is 4.83. The zero-order chi connectivity index (χ0) is 12.7. The number of halogens is 3. The predicted molar refractivity (Wildman–Crippen MR) is 56.0 cm³/mol. The van der Waals surface area contributed by atoms with E-state index in [9.17, 15) is 13.2 Å². The van der Waals surface area contributed by atoms with Gasteiger partial charge in [-0.15, -0.1) is 0 Å². The van der Waals surface area contributed by atoms with E-state index in [0.717, 1.165) is 5.56 Å². The molecule has 0 aliphatic heterocycles. The van der Waals surface area contributed by atoms with Gasteiger partial charge in [0.2, 0.25) is 0 Å².